The fourth-order valence-electron chi connectivity index (χ4n) is 6.10. The number of hydrogen-bond acceptors (Lipinski definition) is 8. The summed E-state index contributed by atoms with van der Waals surface area (Å²) in [4.78, 5) is 30.9. The van der Waals surface area contributed by atoms with Crippen LogP contribution >= 0.6 is 34.2 Å². The van der Waals surface area contributed by atoms with Gasteiger partial charge in [-0.15, -0.1) is 0 Å². The fourth-order valence-corrected chi connectivity index (χ4v) is 6.92. The second-order valence-corrected chi connectivity index (χ2v) is 13.4. The third kappa shape index (κ3) is 7.16. The molecule has 254 valence electrons. The molecule has 0 spiro atoms. The van der Waals surface area contributed by atoms with E-state index in [4.69, 9.17) is 26.1 Å². The van der Waals surface area contributed by atoms with Gasteiger partial charge in [-0.25, -0.2) is 24.1 Å². The quantitative estimate of drug-likeness (QED) is 0.150. The van der Waals surface area contributed by atoms with E-state index in [1.807, 2.05) is 73.3 Å². The van der Waals surface area contributed by atoms with Crippen LogP contribution in [0.3, 0.4) is 0 Å². The standard InChI is InChI=1S/C36H35ClFIN6O4/c1-21-15-29(44(18-23-5-9-25(48-3)10-6-23)19-24-7-11-26(49-4)12-8-24)42-34(32(21)39)30-28(37)16-27-33(31(30)38)40-20-41-35(27)45-14-13-43(36(46)47)17-22(45)2/h5-12,15-16,20,22H,13-14,17-19H2,1-4H3,(H,46,47)/t22-/m0/s1. The van der Waals surface area contributed by atoms with Gasteiger partial charge in [0.25, 0.3) is 0 Å². The minimum Gasteiger partial charge on any atom is -0.497 e. The summed E-state index contributed by atoms with van der Waals surface area (Å²) in [6.07, 6.45) is 0.365. The number of methoxy groups -OCH3 is 2. The number of nitrogens with zero attached hydrogens (tertiary/aromatic N) is 6. The summed E-state index contributed by atoms with van der Waals surface area (Å²) in [5.41, 5.74) is 3.70. The number of hydrogen-bond donors (Lipinski definition) is 1. The monoisotopic (exact) mass is 796 g/mol. The molecule has 1 N–H and O–H groups in total. The molecular formula is C36H35ClFIN6O4. The van der Waals surface area contributed by atoms with E-state index in [2.05, 4.69) is 37.5 Å². The first-order valence-corrected chi connectivity index (χ1v) is 17.1. The van der Waals surface area contributed by atoms with Crippen LogP contribution in [-0.4, -0.2) is 70.9 Å². The Morgan fingerprint density at radius 2 is 1.63 bits per heavy atom. The van der Waals surface area contributed by atoms with E-state index in [1.165, 1.54) is 11.2 Å². The molecule has 10 nitrogen and oxygen atoms in total. The van der Waals surface area contributed by atoms with Crippen molar-refractivity contribution in [3.05, 3.63) is 98.1 Å². The minimum atomic E-state index is -0.969. The van der Waals surface area contributed by atoms with Gasteiger partial charge < -0.3 is 29.3 Å². The highest BCUT2D eigenvalue weighted by Crippen LogP contribution is 2.41. The van der Waals surface area contributed by atoms with Crippen LogP contribution in [0.2, 0.25) is 5.02 Å². The second kappa shape index (κ2) is 14.6. The Balaban J connectivity index is 1.42. The van der Waals surface area contributed by atoms with Gasteiger partial charge in [0.15, 0.2) is 5.82 Å². The molecule has 0 bridgehead atoms. The number of carbonyl (C=O) groups is 1. The third-order valence-corrected chi connectivity index (χ3v) is 10.4. The molecule has 5 aromatic rings. The summed E-state index contributed by atoms with van der Waals surface area (Å²) in [5, 5.41) is 10.1. The van der Waals surface area contributed by atoms with Crippen LogP contribution < -0.4 is 19.3 Å². The summed E-state index contributed by atoms with van der Waals surface area (Å²) in [5.74, 6) is 2.10. The molecule has 1 amide bonds. The van der Waals surface area contributed by atoms with Crippen LogP contribution in [0.5, 0.6) is 11.5 Å². The van der Waals surface area contributed by atoms with Gasteiger partial charge in [-0.2, -0.15) is 0 Å². The van der Waals surface area contributed by atoms with E-state index in [-0.39, 0.29) is 22.1 Å². The lowest BCUT2D eigenvalue weighted by Gasteiger charge is -2.39. The van der Waals surface area contributed by atoms with Crippen LogP contribution in [0.1, 0.15) is 23.6 Å². The Morgan fingerprint density at radius 1 is 1.02 bits per heavy atom. The third-order valence-electron chi connectivity index (χ3n) is 8.72. The predicted octanol–water partition coefficient (Wildman–Crippen LogP) is 7.81. The average molecular weight is 797 g/mol. The first-order valence-electron chi connectivity index (χ1n) is 15.6. The normalized spacial score (nSPS) is 14.6. The van der Waals surface area contributed by atoms with Crippen molar-refractivity contribution in [2.75, 3.05) is 43.7 Å². The van der Waals surface area contributed by atoms with Crippen molar-refractivity contribution in [3.8, 4) is 22.8 Å². The highest BCUT2D eigenvalue weighted by atomic mass is 127. The number of benzene rings is 3. The number of piperazine rings is 1. The lowest BCUT2D eigenvalue weighted by molar-refractivity contribution is 0.136. The zero-order chi connectivity index (χ0) is 34.8. The van der Waals surface area contributed by atoms with Gasteiger partial charge in [0.2, 0.25) is 0 Å². The van der Waals surface area contributed by atoms with Crippen molar-refractivity contribution >= 4 is 62.8 Å². The van der Waals surface area contributed by atoms with E-state index in [0.717, 1.165) is 31.8 Å². The van der Waals surface area contributed by atoms with Crippen LogP contribution in [0.15, 0.2) is 67.0 Å². The molecule has 1 atom stereocenters. The predicted molar refractivity (Wildman–Crippen MR) is 197 cm³/mol. The van der Waals surface area contributed by atoms with E-state index in [0.29, 0.717) is 55.4 Å². The first-order chi connectivity index (χ1) is 23.6. The summed E-state index contributed by atoms with van der Waals surface area (Å²) in [7, 11) is 3.27. The molecule has 1 aliphatic heterocycles. The largest absolute Gasteiger partial charge is 0.497 e. The summed E-state index contributed by atoms with van der Waals surface area (Å²) in [6.45, 7) is 5.95. The number of pyridine rings is 1. The number of amides is 1. The molecule has 0 saturated carbocycles. The SMILES string of the molecule is COc1ccc(CN(Cc2ccc(OC)cc2)c2cc(C)c(I)c(-c3c(Cl)cc4c(N5CCN(C(=O)O)C[C@@H]5C)ncnc4c3F)n2)cc1. The molecule has 2 aromatic heterocycles. The van der Waals surface area contributed by atoms with E-state index in [1.54, 1.807) is 20.3 Å². The fraction of sp³-hybridized carbons (Fsp3) is 0.278. The number of aromatic nitrogens is 3. The van der Waals surface area contributed by atoms with Crippen molar-refractivity contribution in [2.45, 2.75) is 33.0 Å². The highest BCUT2D eigenvalue weighted by molar-refractivity contribution is 14.1. The van der Waals surface area contributed by atoms with Crippen LogP contribution in [0, 0.1) is 16.3 Å². The molecule has 1 fully saturated rings. The topological polar surface area (TPSA) is 104 Å². The molecule has 0 radical (unpaired) electrons. The number of ether oxygens (including phenoxy) is 2. The zero-order valence-corrected chi connectivity index (χ0v) is 30.4. The first kappa shape index (κ1) is 34.4. The molecule has 49 heavy (non-hydrogen) atoms. The Morgan fingerprint density at radius 3 is 2.18 bits per heavy atom. The minimum absolute atomic E-state index is 0.117. The maximum Gasteiger partial charge on any atom is 0.407 e. The maximum absolute atomic E-state index is 16.7. The Kier molecular flexibility index (Phi) is 10.3. The summed E-state index contributed by atoms with van der Waals surface area (Å²) < 4.78 is 28.2. The van der Waals surface area contributed by atoms with Crippen molar-refractivity contribution in [1.29, 1.82) is 0 Å². The molecule has 0 aliphatic carbocycles. The number of fused-ring (bicyclic) bond motifs is 1. The molecule has 6 rings (SSSR count). The van der Waals surface area contributed by atoms with Crippen molar-refractivity contribution in [1.82, 2.24) is 19.9 Å². The van der Waals surface area contributed by atoms with Crippen LogP contribution in [0.4, 0.5) is 20.8 Å². The van der Waals surface area contributed by atoms with E-state index >= 15 is 4.39 Å². The molecule has 13 heteroatoms. The van der Waals surface area contributed by atoms with E-state index in [9.17, 15) is 9.90 Å². The van der Waals surface area contributed by atoms with Gasteiger partial charge in [-0.1, -0.05) is 35.9 Å². The summed E-state index contributed by atoms with van der Waals surface area (Å²) in [6, 6.07) is 19.3. The van der Waals surface area contributed by atoms with Gasteiger partial charge in [0, 0.05) is 47.7 Å². The molecule has 1 saturated heterocycles. The number of rotatable bonds is 9. The van der Waals surface area contributed by atoms with Gasteiger partial charge >= 0.3 is 6.09 Å². The second-order valence-electron chi connectivity index (χ2n) is 11.9. The van der Waals surface area contributed by atoms with E-state index < -0.39 is 11.9 Å². The molecule has 3 aromatic carbocycles. The van der Waals surface area contributed by atoms with Crippen molar-refractivity contribution in [3.63, 3.8) is 0 Å². The van der Waals surface area contributed by atoms with Crippen LogP contribution in [0.25, 0.3) is 22.2 Å². The lowest BCUT2D eigenvalue weighted by atomic mass is 10.0. The summed E-state index contributed by atoms with van der Waals surface area (Å²) >= 11 is 9.14. The van der Waals surface area contributed by atoms with Crippen molar-refractivity contribution < 1.29 is 23.8 Å². The Bertz CT molecular complexity index is 1950. The van der Waals surface area contributed by atoms with Gasteiger partial charge in [0.05, 0.1) is 30.5 Å². The Labute approximate surface area is 302 Å². The molecule has 1 aliphatic rings. The zero-order valence-electron chi connectivity index (χ0n) is 27.5. The smallest absolute Gasteiger partial charge is 0.407 e. The number of halogens is 3. The molecule has 3 heterocycles. The van der Waals surface area contributed by atoms with Gasteiger partial charge in [-0.05, 0) is 89.5 Å². The number of carboxylic acid groups (broad SMARTS) is 1. The number of aryl methyl sites for hydroxylation is 1. The van der Waals surface area contributed by atoms with Crippen molar-refractivity contribution in [2.24, 2.45) is 0 Å². The van der Waals surface area contributed by atoms with Gasteiger partial charge in [-0.3, -0.25) is 0 Å². The highest BCUT2D eigenvalue weighted by Gasteiger charge is 2.30. The molecule has 0 unspecified atom stereocenters. The molecular weight excluding hydrogens is 762 g/mol. The van der Waals surface area contributed by atoms with Crippen LogP contribution in [-0.2, 0) is 13.1 Å². The Hall–Kier alpha value is -4.43. The van der Waals surface area contributed by atoms with Gasteiger partial charge in [0.1, 0.15) is 35.0 Å². The average Bonchev–Trinajstić information content (AvgIpc) is 3.10. The lowest BCUT2D eigenvalue weighted by Crippen LogP contribution is -2.53. The number of anilines is 2. The maximum atomic E-state index is 16.7.